The fourth-order valence-corrected chi connectivity index (χ4v) is 4.30. The van der Waals surface area contributed by atoms with Gasteiger partial charge in [-0.25, -0.2) is 4.68 Å². The van der Waals surface area contributed by atoms with Crippen LogP contribution in [0.15, 0.2) is 54.6 Å². The van der Waals surface area contributed by atoms with Crippen molar-refractivity contribution in [1.82, 2.24) is 14.7 Å². The molecule has 1 unspecified atom stereocenters. The number of rotatable bonds is 14. The molecule has 6 nitrogen and oxygen atoms in total. The predicted octanol–water partition coefficient (Wildman–Crippen LogP) is 6.02. The average molecular weight is 498 g/mol. The lowest BCUT2D eigenvalue weighted by atomic mass is 10.2. The molecule has 4 rings (SSSR count). The molecule has 188 valence electrons. The van der Waals surface area contributed by atoms with Gasteiger partial charge in [-0.3, -0.25) is 4.90 Å². The summed E-state index contributed by atoms with van der Waals surface area (Å²) in [5.41, 5.74) is 2.75. The smallest absolute Gasteiger partial charge is 0.227 e. The van der Waals surface area contributed by atoms with E-state index in [9.17, 15) is 5.11 Å². The van der Waals surface area contributed by atoms with Crippen molar-refractivity contribution < 1.29 is 14.6 Å². The Kier molecular flexibility index (Phi) is 9.21. The summed E-state index contributed by atoms with van der Waals surface area (Å²) in [7, 11) is 0. The van der Waals surface area contributed by atoms with Crippen LogP contribution in [0.3, 0.4) is 0 Å². The Morgan fingerprint density at radius 3 is 2.69 bits per heavy atom. The molecule has 0 spiro atoms. The molecular formula is C28H36ClN3O3. The Bertz CT molecular complexity index is 1070. The topological polar surface area (TPSA) is 59.8 Å². The number of aliphatic hydroxyl groups is 1. The minimum Gasteiger partial charge on any atom is -0.439 e. The van der Waals surface area contributed by atoms with Crippen molar-refractivity contribution in [2.45, 2.75) is 52.2 Å². The fourth-order valence-electron chi connectivity index (χ4n) is 4.12. The van der Waals surface area contributed by atoms with Crippen LogP contribution in [-0.4, -0.2) is 52.2 Å². The van der Waals surface area contributed by atoms with Gasteiger partial charge < -0.3 is 14.6 Å². The summed E-state index contributed by atoms with van der Waals surface area (Å²) in [5, 5.41) is 16.2. The summed E-state index contributed by atoms with van der Waals surface area (Å²) in [6.07, 6.45) is 4.05. The molecule has 1 heterocycles. The maximum Gasteiger partial charge on any atom is 0.227 e. The first-order chi connectivity index (χ1) is 17.0. The van der Waals surface area contributed by atoms with E-state index in [0.717, 1.165) is 42.1 Å². The third kappa shape index (κ3) is 7.55. The molecule has 7 heteroatoms. The SMILES string of the molecule is CCCCOCC(O)CN(Cc1c(C)nn(-c2cccc(Cl)c2)c1Oc1ccccc1)CC1CC1. The zero-order valence-electron chi connectivity index (χ0n) is 20.7. The summed E-state index contributed by atoms with van der Waals surface area (Å²) in [4.78, 5) is 2.32. The Hall–Kier alpha value is -2.38. The average Bonchev–Trinajstić information content (AvgIpc) is 3.62. The number of halogens is 1. The van der Waals surface area contributed by atoms with Crippen LogP contribution < -0.4 is 4.74 Å². The maximum absolute atomic E-state index is 10.7. The highest BCUT2D eigenvalue weighted by molar-refractivity contribution is 6.30. The van der Waals surface area contributed by atoms with E-state index in [-0.39, 0.29) is 0 Å². The number of para-hydroxylation sites is 1. The van der Waals surface area contributed by atoms with Crippen molar-refractivity contribution in [2.24, 2.45) is 5.92 Å². The van der Waals surface area contributed by atoms with E-state index >= 15 is 0 Å². The third-order valence-corrected chi connectivity index (χ3v) is 6.40. The van der Waals surface area contributed by atoms with Gasteiger partial charge in [-0.15, -0.1) is 0 Å². The van der Waals surface area contributed by atoms with Gasteiger partial charge in [0, 0.05) is 31.3 Å². The molecule has 1 N–H and O–H groups in total. The molecule has 1 aliphatic rings. The quantitative estimate of drug-likeness (QED) is 0.276. The molecule has 1 saturated carbocycles. The first-order valence-corrected chi connectivity index (χ1v) is 13.0. The first-order valence-electron chi connectivity index (χ1n) is 12.6. The molecule has 0 saturated heterocycles. The lowest BCUT2D eigenvalue weighted by Gasteiger charge is -2.25. The second-order valence-electron chi connectivity index (χ2n) is 9.40. The molecule has 1 aromatic heterocycles. The molecule has 0 radical (unpaired) electrons. The number of nitrogens with zero attached hydrogens (tertiary/aromatic N) is 3. The second kappa shape index (κ2) is 12.5. The Morgan fingerprint density at radius 1 is 1.17 bits per heavy atom. The van der Waals surface area contributed by atoms with E-state index in [4.69, 9.17) is 26.2 Å². The monoisotopic (exact) mass is 497 g/mol. The first kappa shape index (κ1) is 25.7. The van der Waals surface area contributed by atoms with Crippen molar-refractivity contribution >= 4 is 11.6 Å². The van der Waals surface area contributed by atoms with Gasteiger partial charge >= 0.3 is 0 Å². The number of ether oxygens (including phenoxy) is 2. The summed E-state index contributed by atoms with van der Waals surface area (Å²) in [6.45, 7) is 7.32. The van der Waals surface area contributed by atoms with Gasteiger partial charge in [-0.1, -0.05) is 49.2 Å². The predicted molar refractivity (Wildman–Crippen MR) is 140 cm³/mol. The second-order valence-corrected chi connectivity index (χ2v) is 9.83. The molecule has 2 aromatic carbocycles. The lowest BCUT2D eigenvalue weighted by Crippen LogP contribution is -2.36. The van der Waals surface area contributed by atoms with Crippen molar-refractivity contribution in [2.75, 3.05) is 26.3 Å². The van der Waals surface area contributed by atoms with Crippen molar-refractivity contribution in [1.29, 1.82) is 0 Å². The standard InChI is InChI=1S/C28H36ClN3O3/c1-3-4-15-34-20-25(33)18-31(17-22-13-14-22)19-27-21(2)30-32(24-10-8-9-23(29)16-24)28(27)35-26-11-6-5-7-12-26/h5-12,16,22,25,33H,3-4,13-15,17-20H2,1-2H3. The van der Waals surface area contributed by atoms with Gasteiger partial charge in [-0.2, -0.15) is 5.10 Å². The van der Waals surface area contributed by atoms with Crippen LogP contribution >= 0.6 is 11.6 Å². The van der Waals surface area contributed by atoms with Crippen LogP contribution in [0.2, 0.25) is 5.02 Å². The van der Waals surface area contributed by atoms with Gasteiger partial charge in [0.1, 0.15) is 5.75 Å². The van der Waals surface area contributed by atoms with E-state index in [1.807, 2.05) is 66.2 Å². The minimum absolute atomic E-state index is 0.356. The van der Waals surface area contributed by atoms with Crippen molar-refractivity contribution in [3.8, 4) is 17.3 Å². The van der Waals surface area contributed by atoms with Gasteiger partial charge in [0.05, 0.1) is 29.7 Å². The summed E-state index contributed by atoms with van der Waals surface area (Å²) in [6, 6.07) is 17.4. The van der Waals surface area contributed by atoms with E-state index in [0.29, 0.717) is 43.1 Å². The van der Waals surface area contributed by atoms with Crippen LogP contribution in [-0.2, 0) is 11.3 Å². The van der Waals surface area contributed by atoms with Crippen LogP contribution in [0.1, 0.15) is 43.9 Å². The molecule has 0 aliphatic heterocycles. The molecule has 1 fully saturated rings. The largest absolute Gasteiger partial charge is 0.439 e. The third-order valence-electron chi connectivity index (χ3n) is 6.16. The number of aliphatic hydroxyl groups excluding tert-OH is 1. The van der Waals surface area contributed by atoms with E-state index < -0.39 is 6.10 Å². The van der Waals surface area contributed by atoms with E-state index in [2.05, 4.69) is 11.8 Å². The number of benzene rings is 2. The molecule has 1 aliphatic carbocycles. The van der Waals surface area contributed by atoms with Crippen molar-refractivity contribution in [3.63, 3.8) is 0 Å². The Morgan fingerprint density at radius 2 is 1.97 bits per heavy atom. The molecule has 0 bridgehead atoms. The Labute approximate surface area is 213 Å². The van der Waals surface area contributed by atoms with Crippen LogP contribution in [0.4, 0.5) is 0 Å². The van der Waals surface area contributed by atoms with Crippen LogP contribution in [0.25, 0.3) is 5.69 Å². The normalized spacial score (nSPS) is 14.4. The van der Waals surface area contributed by atoms with Crippen LogP contribution in [0, 0.1) is 12.8 Å². The molecular weight excluding hydrogens is 462 g/mol. The summed E-state index contributed by atoms with van der Waals surface area (Å²) in [5.74, 6) is 2.10. The number of aryl methyl sites for hydroxylation is 1. The fraction of sp³-hybridized carbons (Fsp3) is 0.464. The number of unbranched alkanes of at least 4 members (excludes halogenated alkanes) is 1. The highest BCUT2D eigenvalue weighted by atomic mass is 35.5. The molecule has 0 amide bonds. The zero-order valence-corrected chi connectivity index (χ0v) is 21.5. The van der Waals surface area contributed by atoms with E-state index in [1.165, 1.54) is 12.8 Å². The van der Waals surface area contributed by atoms with Crippen LogP contribution in [0.5, 0.6) is 11.6 Å². The molecule has 3 aromatic rings. The van der Waals surface area contributed by atoms with Gasteiger partial charge in [-0.05, 0) is 62.4 Å². The lowest BCUT2D eigenvalue weighted by molar-refractivity contribution is 0.0134. The molecule has 35 heavy (non-hydrogen) atoms. The number of hydrogen-bond donors (Lipinski definition) is 1. The number of aromatic nitrogens is 2. The maximum atomic E-state index is 10.7. The molecule has 1 atom stereocenters. The van der Waals surface area contributed by atoms with Gasteiger partial charge in [0.2, 0.25) is 5.88 Å². The van der Waals surface area contributed by atoms with Crippen molar-refractivity contribution in [3.05, 3.63) is 70.9 Å². The Balaban J connectivity index is 1.59. The minimum atomic E-state index is -0.535. The highest BCUT2D eigenvalue weighted by Crippen LogP contribution is 2.34. The summed E-state index contributed by atoms with van der Waals surface area (Å²) < 4.78 is 13.9. The zero-order chi connectivity index (χ0) is 24.6. The van der Waals surface area contributed by atoms with Gasteiger partial charge in [0.15, 0.2) is 0 Å². The highest BCUT2D eigenvalue weighted by Gasteiger charge is 2.28. The van der Waals surface area contributed by atoms with Gasteiger partial charge in [0.25, 0.3) is 0 Å². The summed E-state index contributed by atoms with van der Waals surface area (Å²) >= 11 is 6.29. The van der Waals surface area contributed by atoms with E-state index in [1.54, 1.807) is 0 Å². The number of hydrogen-bond acceptors (Lipinski definition) is 5.